The summed E-state index contributed by atoms with van der Waals surface area (Å²) in [6, 6.07) is 13.5. The lowest BCUT2D eigenvalue weighted by atomic mass is 10.00. The van der Waals surface area contributed by atoms with E-state index >= 15 is 0 Å². The summed E-state index contributed by atoms with van der Waals surface area (Å²) in [6.45, 7) is 7.59. The van der Waals surface area contributed by atoms with Gasteiger partial charge in [-0.25, -0.2) is 18.0 Å². The summed E-state index contributed by atoms with van der Waals surface area (Å²) >= 11 is 0. The second-order valence-corrected chi connectivity index (χ2v) is 6.88. The Kier molecular flexibility index (Phi) is 3.84. The van der Waals surface area contributed by atoms with E-state index in [2.05, 4.69) is 14.9 Å². The summed E-state index contributed by atoms with van der Waals surface area (Å²) < 4.78 is 27.4. The quantitative estimate of drug-likeness (QED) is 0.856. The molecule has 0 spiro atoms. The largest absolute Gasteiger partial charge is 0.383 e. The third-order valence-electron chi connectivity index (χ3n) is 3.60. The zero-order chi connectivity index (χ0) is 15.6. The lowest BCUT2D eigenvalue weighted by Gasteiger charge is -2.27. The van der Waals surface area contributed by atoms with Crippen molar-refractivity contribution >= 4 is 21.4 Å². The van der Waals surface area contributed by atoms with Gasteiger partial charge in [0.05, 0.1) is 11.5 Å². The molecule has 22 heavy (non-hydrogen) atoms. The number of benzene rings is 2. The molecule has 112 valence electrons. The second-order valence-electron chi connectivity index (χ2n) is 5.17. The van der Waals surface area contributed by atoms with Crippen LogP contribution in [0.2, 0.25) is 0 Å². The van der Waals surface area contributed by atoms with Gasteiger partial charge in [0.1, 0.15) is 0 Å². The van der Waals surface area contributed by atoms with Crippen LogP contribution in [0.1, 0.15) is 5.56 Å². The van der Waals surface area contributed by atoms with E-state index in [1.165, 1.54) is 0 Å². The molecule has 1 aliphatic rings. The van der Waals surface area contributed by atoms with Crippen molar-refractivity contribution in [3.63, 3.8) is 0 Å². The fourth-order valence-electron chi connectivity index (χ4n) is 2.53. The van der Waals surface area contributed by atoms with E-state index in [1.807, 2.05) is 6.07 Å². The summed E-state index contributed by atoms with van der Waals surface area (Å²) in [4.78, 5) is 3.67. The van der Waals surface area contributed by atoms with Gasteiger partial charge < -0.3 is 5.32 Å². The van der Waals surface area contributed by atoms with Crippen LogP contribution in [0, 0.1) is 6.57 Å². The van der Waals surface area contributed by atoms with Crippen LogP contribution >= 0.6 is 0 Å². The van der Waals surface area contributed by atoms with Crippen LogP contribution in [0.15, 0.2) is 53.4 Å². The number of nitrogens with zero attached hydrogens (tertiary/aromatic N) is 1. The molecule has 0 unspecified atom stereocenters. The Labute approximate surface area is 129 Å². The van der Waals surface area contributed by atoms with E-state index in [1.54, 1.807) is 42.5 Å². The van der Waals surface area contributed by atoms with Crippen molar-refractivity contribution in [2.24, 2.45) is 0 Å². The number of anilines is 1. The third-order valence-corrected chi connectivity index (χ3v) is 5.13. The number of sulfonamides is 1. The highest BCUT2D eigenvalue weighted by molar-refractivity contribution is 7.89. The predicted octanol–water partition coefficient (Wildman–Crippen LogP) is 2.55. The maximum Gasteiger partial charge on any atom is 0.240 e. The van der Waals surface area contributed by atoms with Gasteiger partial charge in [0.25, 0.3) is 0 Å². The van der Waals surface area contributed by atoms with E-state index in [0.717, 1.165) is 11.3 Å². The monoisotopic (exact) mass is 313 g/mol. The number of hydrogen-bond acceptors (Lipinski definition) is 3. The molecule has 2 aromatic rings. The van der Waals surface area contributed by atoms with Crippen LogP contribution in [-0.2, 0) is 16.4 Å². The Bertz CT molecular complexity index is 826. The van der Waals surface area contributed by atoms with E-state index in [-0.39, 0.29) is 10.9 Å². The van der Waals surface area contributed by atoms with Gasteiger partial charge in [0, 0.05) is 18.3 Å². The molecule has 6 heteroatoms. The molecule has 1 atom stereocenters. The lowest BCUT2D eigenvalue weighted by Crippen LogP contribution is -2.43. The molecule has 5 nitrogen and oxygen atoms in total. The van der Waals surface area contributed by atoms with Crippen molar-refractivity contribution in [3.05, 3.63) is 65.5 Å². The lowest BCUT2D eigenvalue weighted by molar-refractivity contribution is 0.549. The normalized spacial score (nSPS) is 17.1. The van der Waals surface area contributed by atoms with Crippen molar-refractivity contribution in [2.45, 2.75) is 17.4 Å². The third kappa shape index (κ3) is 2.96. The van der Waals surface area contributed by atoms with E-state index in [9.17, 15) is 8.42 Å². The van der Waals surface area contributed by atoms with E-state index in [4.69, 9.17) is 6.57 Å². The first-order chi connectivity index (χ1) is 10.6. The van der Waals surface area contributed by atoms with Crippen LogP contribution in [0.3, 0.4) is 0 Å². The Balaban J connectivity index is 1.79. The van der Waals surface area contributed by atoms with Gasteiger partial charge in [-0.1, -0.05) is 30.3 Å². The molecule has 0 aliphatic carbocycles. The van der Waals surface area contributed by atoms with Crippen LogP contribution in [0.4, 0.5) is 11.4 Å². The van der Waals surface area contributed by atoms with Crippen LogP contribution in [0.5, 0.6) is 0 Å². The minimum atomic E-state index is -3.53. The highest BCUT2D eigenvalue weighted by Crippen LogP contribution is 2.27. The smallest absolute Gasteiger partial charge is 0.240 e. The maximum absolute atomic E-state index is 12.3. The topological polar surface area (TPSA) is 62.6 Å². The molecular weight excluding hydrogens is 298 g/mol. The first kappa shape index (κ1) is 14.6. The first-order valence-corrected chi connectivity index (χ1v) is 8.38. The van der Waals surface area contributed by atoms with Crippen molar-refractivity contribution in [1.82, 2.24) is 4.72 Å². The number of nitrogens with one attached hydrogen (secondary N) is 2. The summed E-state index contributed by atoms with van der Waals surface area (Å²) in [7, 11) is -3.53. The minimum Gasteiger partial charge on any atom is -0.383 e. The average Bonchev–Trinajstić information content (AvgIpc) is 2.54. The predicted molar refractivity (Wildman–Crippen MR) is 85.4 cm³/mol. The maximum atomic E-state index is 12.3. The summed E-state index contributed by atoms with van der Waals surface area (Å²) in [6.07, 6.45) is 0.567. The van der Waals surface area contributed by atoms with Crippen molar-refractivity contribution < 1.29 is 8.42 Å². The van der Waals surface area contributed by atoms with Gasteiger partial charge in [0.2, 0.25) is 10.0 Å². The molecule has 0 radical (unpaired) electrons. The summed E-state index contributed by atoms with van der Waals surface area (Å²) in [5, 5.41) is 3.21. The highest BCUT2D eigenvalue weighted by Gasteiger charge is 2.24. The van der Waals surface area contributed by atoms with E-state index < -0.39 is 10.0 Å². The molecule has 2 aromatic carbocycles. The van der Waals surface area contributed by atoms with E-state index in [0.29, 0.717) is 18.7 Å². The standard InChI is InChI=1S/C16H15N3O2S/c1-17-13-7-8-16-12(9-13)10-14(11-18-16)19-22(20,21)15-5-3-2-4-6-15/h2-9,14,18-19H,10-11H2/t14-/m1/s1. The molecular formula is C16H15N3O2S. The highest BCUT2D eigenvalue weighted by atomic mass is 32.2. The number of fused-ring (bicyclic) bond motifs is 1. The van der Waals surface area contributed by atoms with Crippen LogP contribution < -0.4 is 10.0 Å². The molecule has 0 saturated carbocycles. The minimum absolute atomic E-state index is 0.237. The molecule has 0 aromatic heterocycles. The Morgan fingerprint density at radius 2 is 1.95 bits per heavy atom. The molecule has 0 bridgehead atoms. The van der Waals surface area contributed by atoms with Gasteiger partial charge in [-0.3, -0.25) is 0 Å². The molecule has 0 saturated heterocycles. The number of hydrogen-bond donors (Lipinski definition) is 2. The van der Waals surface area contributed by atoms with Crippen molar-refractivity contribution in [2.75, 3.05) is 11.9 Å². The first-order valence-electron chi connectivity index (χ1n) is 6.90. The number of rotatable bonds is 3. The zero-order valence-corrected chi connectivity index (χ0v) is 12.6. The molecule has 1 aliphatic heterocycles. The zero-order valence-electron chi connectivity index (χ0n) is 11.8. The average molecular weight is 313 g/mol. The van der Waals surface area contributed by atoms with Gasteiger partial charge in [-0.05, 0) is 30.2 Å². The Hall–Kier alpha value is -2.36. The van der Waals surface area contributed by atoms with Crippen molar-refractivity contribution in [3.8, 4) is 0 Å². The van der Waals surface area contributed by atoms with Crippen molar-refractivity contribution in [1.29, 1.82) is 0 Å². The molecule has 3 rings (SSSR count). The van der Waals surface area contributed by atoms with Gasteiger partial charge in [-0.2, -0.15) is 0 Å². The molecule has 0 amide bonds. The van der Waals surface area contributed by atoms with Gasteiger partial charge in [0.15, 0.2) is 5.69 Å². The Morgan fingerprint density at radius 3 is 2.68 bits per heavy atom. The molecule has 0 fully saturated rings. The molecule has 2 N–H and O–H groups in total. The van der Waals surface area contributed by atoms with Gasteiger partial charge >= 0.3 is 0 Å². The second kappa shape index (κ2) is 5.79. The Morgan fingerprint density at radius 1 is 1.18 bits per heavy atom. The van der Waals surface area contributed by atoms with Crippen LogP contribution in [-0.4, -0.2) is 21.0 Å². The fourth-order valence-corrected chi connectivity index (χ4v) is 3.79. The summed E-state index contributed by atoms with van der Waals surface area (Å²) in [5.74, 6) is 0. The SMILES string of the molecule is [C-]#[N+]c1ccc2c(c1)C[C@@H](NS(=O)(=O)c1ccccc1)CN2. The van der Waals surface area contributed by atoms with Crippen LogP contribution in [0.25, 0.3) is 4.85 Å². The molecule has 1 heterocycles. The summed E-state index contributed by atoms with van der Waals surface area (Å²) in [5.41, 5.74) is 2.48. The van der Waals surface area contributed by atoms with Gasteiger partial charge in [-0.15, -0.1) is 0 Å². The fraction of sp³-hybridized carbons (Fsp3) is 0.188.